The van der Waals surface area contributed by atoms with E-state index in [4.69, 9.17) is 21.1 Å². The number of ether oxygens (including phenoxy) is 2. The molecule has 3 rings (SSSR count). The quantitative estimate of drug-likeness (QED) is 0.265. The lowest BCUT2D eigenvalue weighted by Crippen LogP contribution is -2.37. The van der Waals surface area contributed by atoms with Crippen molar-refractivity contribution >= 4 is 34.7 Å². The van der Waals surface area contributed by atoms with Gasteiger partial charge < -0.3 is 15.2 Å². The van der Waals surface area contributed by atoms with Crippen LogP contribution in [0.3, 0.4) is 0 Å². The molecule has 4 N–H and O–H groups in total. The van der Waals surface area contributed by atoms with Crippen LogP contribution in [0.25, 0.3) is 5.57 Å². The van der Waals surface area contributed by atoms with Gasteiger partial charge in [-0.05, 0) is 19.1 Å². The number of carbonyl (C=O) groups excluding carboxylic acids is 3. The molecular weight excluding hydrogens is 469 g/mol. The van der Waals surface area contributed by atoms with Crippen molar-refractivity contribution < 1.29 is 37.0 Å². The molecule has 0 bridgehead atoms. The molecule has 0 fully saturated rings. The summed E-state index contributed by atoms with van der Waals surface area (Å²) in [6, 6.07) is 7.29. The van der Waals surface area contributed by atoms with Crippen LogP contribution in [0, 0.1) is 0 Å². The van der Waals surface area contributed by atoms with E-state index in [0.717, 1.165) is 23.1 Å². The SMILES string of the molecule is COc1cc(OC)cc(N2C(=O)/C(=C(/C)N(N)C(=O)CCC(N)=O)c3ccc(C(F)(F)F)cc32)c1. The molecule has 12 heteroatoms. The van der Waals surface area contributed by atoms with Crippen molar-refractivity contribution in [2.24, 2.45) is 11.6 Å². The summed E-state index contributed by atoms with van der Waals surface area (Å²) in [7, 11) is 2.78. The fourth-order valence-electron chi connectivity index (χ4n) is 3.63. The number of primary amides is 1. The minimum Gasteiger partial charge on any atom is -0.497 e. The predicted molar refractivity (Wildman–Crippen MR) is 120 cm³/mol. The van der Waals surface area contributed by atoms with E-state index in [-0.39, 0.29) is 41.1 Å². The minimum atomic E-state index is -4.66. The summed E-state index contributed by atoms with van der Waals surface area (Å²) < 4.78 is 50.9. The van der Waals surface area contributed by atoms with E-state index in [9.17, 15) is 27.6 Å². The zero-order valence-corrected chi connectivity index (χ0v) is 19.1. The number of amides is 3. The number of hydrogen-bond donors (Lipinski definition) is 2. The van der Waals surface area contributed by atoms with Crippen molar-refractivity contribution in [2.45, 2.75) is 25.9 Å². The number of methoxy groups -OCH3 is 2. The maximum Gasteiger partial charge on any atom is 0.416 e. The summed E-state index contributed by atoms with van der Waals surface area (Å²) >= 11 is 0. The Morgan fingerprint density at radius 1 is 1.03 bits per heavy atom. The highest BCUT2D eigenvalue weighted by atomic mass is 19.4. The van der Waals surface area contributed by atoms with Crippen molar-refractivity contribution in [3.05, 3.63) is 53.2 Å². The van der Waals surface area contributed by atoms with Crippen LogP contribution in [-0.4, -0.2) is 37.0 Å². The Morgan fingerprint density at radius 2 is 1.63 bits per heavy atom. The fourth-order valence-corrected chi connectivity index (χ4v) is 3.63. The second-order valence-corrected chi connectivity index (χ2v) is 7.63. The Labute approximate surface area is 198 Å². The van der Waals surface area contributed by atoms with E-state index in [1.165, 1.54) is 39.3 Å². The molecule has 0 aromatic heterocycles. The van der Waals surface area contributed by atoms with Crippen molar-refractivity contribution in [3.8, 4) is 11.5 Å². The summed E-state index contributed by atoms with van der Waals surface area (Å²) in [4.78, 5) is 38.1. The number of carbonyl (C=O) groups is 3. The van der Waals surface area contributed by atoms with Gasteiger partial charge in [-0.3, -0.25) is 24.3 Å². The topological polar surface area (TPSA) is 128 Å². The number of hydrogen-bond acceptors (Lipinski definition) is 6. The van der Waals surface area contributed by atoms with E-state index < -0.39 is 29.5 Å². The van der Waals surface area contributed by atoms with Gasteiger partial charge in [-0.1, -0.05) is 6.07 Å². The number of hydrazine groups is 1. The van der Waals surface area contributed by atoms with Crippen LogP contribution in [0.4, 0.5) is 24.5 Å². The van der Waals surface area contributed by atoms with Crippen LogP contribution < -0.4 is 25.9 Å². The molecule has 0 saturated heterocycles. The molecular formula is C23H23F3N4O5. The molecule has 2 aromatic carbocycles. The first-order valence-electron chi connectivity index (χ1n) is 10.2. The second kappa shape index (κ2) is 9.66. The molecule has 186 valence electrons. The van der Waals surface area contributed by atoms with Gasteiger partial charge in [0, 0.05) is 42.3 Å². The Kier molecular flexibility index (Phi) is 7.06. The van der Waals surface area contributed by atoms with Crippen LogP contribution in [-0.2, 0) is 20.6 Å². The number of fused-ring (bicyclic) bond motifs is 1. The van der Waals surface area contributed by atoms with Crippen LogP contribution in [0.1, 0.15) is 30.9 Å². The zero-order valence-electron chi connectivity index (χ0n) is 19.1. The maximum atomic E-state index is 13.6. The summed E-state index contributed by atoms with van der Waals surface area (Å²) in [6.07, 6.45) is -5.23. The van der Waals surface area contributed by atoms with Crippen LogP contribution in [0.5, 0.6) is 11.5 Å². The lowest BCUT2D eigenvalue weighted by molar-refractivity contribution is -0.137. The molecule has 1 aliphatic heterocycles. The number of nitrogens with two attached hydrogens (primary N) is 2. The molecule has 0 saturated carbocycles. The third-order valence-corrected chi connectivity index (χ3v) is 5.42. The average Bonchev–Trinajstić information content (AvgIpc) is 3.11. The predicted octanol–water partition coefficient (Wildman–Crippen LogP) is 3.10. The molecule has 0 spiro atoms. The average molecular weight is 492 g/mol. The molecule has 2 aromatic rings. The van der Waals surface area contributed by atoms with Gasteiger partial charge in [0.2, 0.25) is 11.8 Å². The van der Waals surface area contributed by atoms with Gasteiger partial charge in [-0.2, -0.15) is 13.2 Å². The summed E-state index contributed by atoms with van der Waals surface area (Å²) in [6.45, 7) is 1.38. The third-order valence-electron chi connectivity index (χ3n) is 5.42. The van der Waals surface area contributed by atoms with Gasteiger partial charge in [-0.15, -0.1) is 0 Å². The lowest BCUT2D eigenvalue weighted by Gasteiger charge is -2.21. The number of halogens is 3. The highest BCUT2D eigenvalue weighted by molar-refractivity contribution is 6.35. The van der Waals surface area contributed by atoms with Gasteiger partial charge in [0.1, 0.15) is 11.5 Å². The standard InChI is InChI=1S/C23H23F3N4O5/c1-12(30(28)20(32)7-6-19(27)31)21-17-5-4-13(23(24,25)26)8-18(17)29(22(21)33)14-9-15(34-2)11-16(10-14)35-3/h4-5,8-11H,6-7,28H2,1-3H3,(H2,27,31)/b21-12-. The first-order chi connectivity index (χ1) is 16.4. The minimum absolute atomic E-state index is 0.0113. The highest BCUT2D eigenvalue weighted by Crippen LogP contribution is 2.46. The van der Waals surface area contributed by atoms with E-state index >= 15 is 0 Å². The number of allylic oxidation sites excluding steroid dienone is 1. The number of nitrogens with zero attached hydrogens (tertiary/aromatic N) is 2. The number of benzene rings is 2. The normalized spacial score (nSPS) is 14.5. The van der Waals surface area contributed by atoms with Gasteiger partial charge in [0.15, 0.2) is 0 Å². The molecule has 9 nitrogen and oxygen atoms in total. The lowest BCUT2D eigenvalue weighted by atomic mass is 10.0. The third kappa shape index (κ3) is 5.06. The Bertz CT molecular complexity index is 1200. The Morgan fingerprint density at radius 3 is 2.14 bits per heavy atom. The van der Waals surface area contributed by atoms with Gasteiger partial charge in [0.25, 0.3) is 5.91 Å². The van der Waals surface area contributed by atoms with E-state index in [2.05, 4.69) is 0 Å². The van der Waals surface area contributed by atoms with Crippen molar-refractivity contribution in [3.63, 3.8) is 0 Å². The van der Waals surface area contributed by atoms with Crippen LogP contribution in [0.15, 0.2) is 42.1 Å². The van der Waals surface area contributed by atoms with Crippen molar-refractivity contribution in [2.75, 3.05) is 19.1 Å². The monoisotopic (exact) mass is 492 g/mol. The van der Waals surface area contributed by atoms with Gasteiger partial charge >= 0.3 is 6.18 Å². The van der Waals surface area contributed by atoms with Gasteiger partial charge in [0.05, 0.1) is 36.7 Å². The van der Waals surface area contributed by atoms with Crippen LogP contribution in [0.2, 0.25) is 0 Å². The smallest absolute Gasteiger partial charge is 0.416 e. The second-order valence-electron chi connectivity index (χ2n) is 7.63. The molecule has 0 atom stereocenters. The largest absolute Gasteiger partial charge is 0.497 e. The van der Waals surface area contributed by atoms with E-state index in [1.807, 2.05) is 0 Å². The molecule has 1 heterocycles. The number of rotatable bonds is 7. The maximum absolute atomic E-state index is 13.6. The van der Waals surface area contributed by atoms with E-state index in [1.54, 1.807) is 0 Å². The zero-order chi connectivity index (χ0) is 26.1. The van der Waals surface area contributed by atoms with Crippen molar-refractivity contribution in [1.29, 1.82) is 0 Å². The highest BCUT2D eigenvalue weighted by Gasteiger charge is 2.40. The van der Waals surface area contributed by atoms with Gasteiger partial charge in [-0.25, -0.2) is 5.84 Å². The summed E-state index contributed by atoms with van der Waals surface area (Å²) in [5.74, 6) is 4.38. The molecule has 0 radical (unpaired) electrons. The van der Waals surface area contributed by atoms with Crippen LogP contribution >= 0.6 is 0 Å². The molecule has 0 aliphatic carbocycles. The Balaban J connectivity index is 2.20. The number of anilines is 2. The number of alkyl halides is 3. The molecule has 35 heavy (non-hydrogen) atoms. The van der Waals surface area contributed by atoms with E-state index in [0.29, 0.717) is 16.5 Å². The molecule has 0 unspecified atom stereocenters. The first-order valence-corrected chi connectivity index (χ1v) is 10.2. The van der Waals surface area contributed by atoms with Crippen molar-refractivity contribution in [1.82, 2.24) is 5.01 Å². The summed E-state index contributed by atoms with van der Waals surface area (Å²) in [5.41, 5.74) is 4.27. The summed E-state index contributed by atoms with van der Waals surface area (Å²) in [5, 5.41) is 0.688. The molecule has 3 amide bonds. The first kappa shape index (κ1) is 25.6. The fraction of sp³-hybridized carbons (Fsp3) is 0.261. The Hall–Kier alpha value is -4.06. The molecule has 1 aliphatic rings.